The molecule has 6 heteroatoms. The van der Waals surface area contributed by atoms with E-state index in [1.165, 1.54) is 0 Å². The fourth-order valence-corrected chi connectivity index (χ4v) is 1.47. The van der Waals surface area contributed by atoms with Gasteiger partial charge in [0.2, 0.25) is 17.7 Å². The lowest BCUT2D eigenvalue weighted by atomic mass is 9.80. The van der Waals surface area contributed by atoms with Crippen LogP contribution in [0, 0.1) is 17.3 Å². The number of hydrogen-bond donors (Lipinski definition) is 3. The molecule has 0 aliphatic carbocycles. The number of hydrogen-bond acceptors (Lipinski definition) is 3. The van der Waals surface area contributed by atoms with Crippen molar-refractivity contribution in [2.45, 2.75) is 54.5 Å². The molecule has 22 heavy (non-hydrogen) atoms. The Hall–Kier alpha value is -1.59. The van der Waals surface area contributed by atoms with E-state index in [1.807, 2.05) is 41.5 Å². The topological polar surface area (TPSA) is 87.3 Å². The summed E-state index contributed by atoms with van der Waals surface area (Å²) in [7, 11) is 0. The van der Waals surface area contributed by atoms with Crippen molar-refractivity contribution in [1.29, 1.82) is 0 Å². The zero-order valence-corrected chi connectivity index (χ0v) is 14.9. The molecular weight excluding hydrogens is 282 g/mol. The Labute approximate surface area is 133 Å². The number of carbonyl (C=O) groups excluding carboxylic acids is 3. The molecule has 0 rings (SSSR count). The average molecular weight is 313 g/mol. The van der Waals surface area contributed by atoms with Crippen molar-refractivity contribution >= 4 is 17.7 Å². The van der Waals surface area contributed by atoms with Gasteiger partial charge in [0.25, 0.3) is 0 Å². The zero-order chi connectivity index (χ0) is 17.5. The summed E-state index contributed by atoms with van der Waals surface area (Å²) in [5, 5.41) is 7.94. The third kappa shape index (κ3) is 6.91. The summed E-state index contributed by atoms with van der Waals surface area (Å²) in [6, 6.07) is -0.624. The largest absolute Gasteiger partial charge is 0.354 e. The van der Waals surface area contributed by atoms with Gasteiger partial charge in [-0.15, -0.1) is 0 Å². The second-order valence-corrected chi connectivity index (χ2v) is 6.99. The lowest BCUT2D eigenvalue weighted by Crippen LogP contribution is -2.50. The maximum absolute atomic E-state index is 12.0. The van der Waals surface area contributed by atoms with E-state index < -0.39 is 11.5 Å². The first-order chi connectivity index (χ1) is 9.98. The number of nitrogens with one attached hydrogen (secondary N) is 3. The first-order valence-corrected chi connectivity index (χ1v) is 7.83. The highest BCUT2D eigenvalue weighted by Crippen LogP contribution is 2.25. The standard InChI is InChI=1S/C16H31N3O3/c1-10(2)8-17-14(21)12(5)19-13(20)9-18-15(22)16(6,7)11(3)4/h10-12H,8-9H2,1-7H3,(H,17,21)(H,18,22)(H,19,20). The van der Waals surface area contributed by atoms with Crippen molar-refractivity contribution in [3.63, 3.8) is 0 Å². The Balaban J connectivity index is 4.24. The summed E-state index contributed by atoms with van der Waals surface area (Å²) in [5.74, 6) is -0.258. The molecule has 0 spiro atoms. The van der Waals surface area contributed by atoms with Gasteiger partial charge < -0.3 is 16.0 Å². The molecule has 0 aromatic carbocycles. The van der Waals surface area contributed by atoms with Crippen LogP contribution in [0.4, 0.5) is 0 Å². The van der Waals surface area contributed by atoms with Gasteiger partial charge in [0.15, 0.2) is 0 Å². The molecule has 1 atom stereocenters. The molecule has 0 aliphatic rings. The van der Waals surface area contributed by atoms with Crippen LogP contribution in [0.25, 0.3) is 0 Å². The van der Waals surface area contributed by atoms with E-state index in [2.05, 4.69) is 16.0 Å². The smallest absolute Gasteiger partial charge is 0.242 e. The van der Waals surface area contributed by atoms with Crippen LogP contribution in [0.5, 0.6) is 0 Å². The summed E-state index contributed by atoms with van der Waals surface area (Å²) in [6.07, 6.45) is 0. The van der Waals surface area contributed by atoms with E-state index in [4.69, 9.17) is 0 Å². The van der Waals surface area contributed by atoms with Gasteiger partial charge in [-0.3, -0.25) is 14.4 Å². The molecule has 0 heterocycles. The zero-order valence-electron chi connectivity index (χ0n) is 14.9. The van der Waals surface area contributed by atoms with Gasteiger partial charge in [0, 0.05) is 12.0 Å². The fourth-order valence-electron chi connectivity index (χ4n) is 1.47. The number of rotatable bonds is 8. The fraction of sp³-hybridized carbons (Fsp3) is 0.812. The van der Waals surface area contributed by atoms with Gasteiger partial charge in [-0.25, -0.2) is 0 Å². The van der Waals surface area contributed by atoms with Gasteiger partial charge in [0.1, 0.15) is 6.04 Å². The molecule has 3 N–H and O–H groups in total. The Morgan fingerprint density at radius 2 is 1.50 bits per heavy atom. The molecule has 6 nitrogen and oxygen atoms in total. The van der Waals surface area contributed by atoms with Crippen molar-refractivity contribution in [2.75, 3.05) is 13.1 Å². The van der Waals surface area contributed by atoms with Gasteiger partial charge >= 0.3 is 0 Å². The highest BCUT2D eigenvalue weighted by Gasteiger charge is 2.31. The third-order valence-electron chi connectivity index (χ3n) is 3.89. The molecule has 0 saturated heterocycles. The van der Waals surface area contributed by atoms with E-state index in [0.29, 0.717) is 12.5 Å². The highest BCUT2D eigenvalue weighted by molar-refractivity contribution is 5.90. The first-order valence-electron chi connectivity index (χ1n) is 7.83. The molecule has 0 radical (unpaired) electrons. The van der Waals surface area contributed by atoms with Crippen LogP contribution in [0.2, 0.25) is 0 Å². The van der Waals surface area contributed by atoms with Crippen molar-refractivity contribution in [2.24, 2.45) is 17.3 Å². The normalized spacial score (nSPS) is 13.0. The maximum atomic E-state index is 12.0. The molecule has 0 bridgehead atoms. The van der Waals surface area contributed by atoms with Gasteiger partial charge in [-0.1, -0.05) is 41.5 Å². The predicted molar refractivity (Wildman–Crippen MR) is 87.1 cm³/mol. The Morgan fingerprint density at radius 1 is 0.955 bits per heavy atom. The third-order valence-corrected chi connectivity index (χ3v) is 3.89. The summed E-state index contributed by atoms with van der Waals surface area (Å²) >= 11 is 0. The Bertz CT molecular complexity index is 403. The van der Waals surface area contributed by atoms with Crippen molar-refractivity contribution in [3.05, 3.63) is 0 Å². The molecule has 0 fully saturated rings. The van der Waals surface area contributed by atoms with E-state index in [-0.39, 0.29) is 30.2 Å². The van der Waals surface area contributed by atoms with Crippen molar-refractivity contribution < 1.29 is 14.4 Å². The average Bonchev–Trinajstić information content (AvgIpc) is 2.41. The minimum Gasteiger partial charge on any atom is -0.354 e. The quantitative estimate of drug-likeness (QED) is 0.626. The van der Waals surface area contributed by atoms with E-state index in [1.54, 1.807) is 6.92 Å². The summed E-state index contributed by atoms with van der Waals surface area (Å²) in [4.78, 5) is 35.6. The van der Waals surface area contributed by atoms with Crippen LogP contribution in [-0.2, 0) is 14.4 Å². The molecule has 1 unspecified atom stereocenters. The predicted octanol–water partition coefficient (Wildman–Crippen LogP) is 1.06. The summed E-state index contributed by atoms with van der Waals surface area (Å²) < 4.78 is 0. The highest BCUT2D eigenvalue weighted by atomic mass is 16.2. The van der Waals surface area contributed by atoms with Crippen LogP contribution < -0.4 is 16.0 Å². The van der Waals surface area contributed by atoms with Gasteiger partial charge in [-0.2, -0.15) is 0 Å². The maximum Gasteiger partial charge on any atom is 0.242 e. The minimum atomic E-state index is -0.624. The minimum absolute atomic E-state index is 0.128. The Kier molecular flexibility index (Phi) is 8.12. The van der Waals surface area contributed by atoms with Crippen LogP contribution in [0.15, 0.2) is 0 Å². The lowest BCUT2D eigenvalue weighted by Gasteiger charge is -2.27. The van der Waals surface area contributed by atoms with Crippen molar-refractivity contribution in [1.82, 2.24) is 16.0 Å². The van der Waals surface area contributed by atoms with Gasteiger partial charge in [-0.05, 0) is 18.8 Å². The summed E-state index contributed by atoms with van der Waals surface area (Å²) in [6.45, 7) is 13.6. The van der Waals surface area contributed by atoms with Crippen molar-refractivity contribution in [3.8, 4) is 0 Å². The summed E-state index contributed by atoms with van der Waals surface area (Å²) in [5.41, 5.74) is -0.541. The lowest BCUT2D eigenvalue weighted by molar-refractivity contribution is -0.134. The van der Waals surface area contributed by atoms with Crippen LogP contribution in [0.3, 0.4) is 0 Å². The second kappa shape index (κ2) is 8.76. The monoisotopic (exact) mass is 313 g/mol. The number of carbonyl (C=O) groups is 3. The molecule has 0 aliphatic heterocycles. The SMILES string of the molecule is CC(C)CNC(=O)C(C)NC(=O)CNC(=O)C(C)(C)C(C)C. The van der Waals surface area contributed by atoms with Crippen LogP contribution >= 0.6 is 0 Å². The van der Waals surface area contributed by atoms with Crippen LogP contribution in [0.1, 0.15) is 48.5 Å². The van der Waals surface area contributed by atoms with Gasteiger partial charge in [0.05, 0.1) is 6.54 Å². The van der Waals surface area contributed by atoms with E-state index in [0.717, 1.165) is 0 Å². The number of amides is 3. The first kappa shape index (κ1) is 20.4. The van der Waals surface area contributed by atoms with E-state index >= 15 is 0 Å². The molecule has 128 valence electrons. The second-order valence-electron chi connectivity index (χ2n) is 6.99. The molecule has 0 aromatic rings. The molecule has 0 aromatic heterocycles. The van der Waals surface area contributed by atoms with E-state index in [9.17, 15) is 14.4 Å². The Morgan fingerprint density at radius 3 is 1.95 bits per heavy atom. The van der Waals surface area contributed by atoms with Crippen LogP contribution in [-0.4, -0.2) is 36.9 Å². The molecular formula is C16H31N3O3. The molecule has 3 amide bonds. The molecule has 0 saturated carbocycles.